The fourth-order valence-corrected chi connectivity index (χ4v) is 11.6. The molecule has 0 radical (unpaired) electrons. The van der Waals surface area contributed by atoms with Crippen molar-refractivity contribution in [3.05, 3.63) is 267 Å². The zero-order valence-electron chi connectivity index (χ0n) is 40.1. The van der Waals surface area contributed by atoms with Crippen molar-refractivity contribution in [1.82, 2.24) is 4.57 Å². The summed E-state index contributed by atoms with van der Waals surface area (Å²) in [5.41, 5.74) is 19.7. The van der Waals surface area contributed by atoms with Crippen molar-refractivity contribution in [2.45, 2.75) is 0 Å². The van der Waals surface area contributed by atoms with Crippen LogP contribution in [0.3, 0.4) is 0 Å². The van der Waals surface area contributed by atoms with Gasteiger partial charge < -0.3 is 18.6 Å². The molecule has 12 aromatic carbocycles. The number of nitrogens with zero attached hydrogens (tertiary/aromatic N) is 2. The molecule has 0 fully saturated rings. The molecule has 4 nitrogen and oxygen atoms in total. The summed E-state index contributed by atoms with van der Waals surface area (Å²) in [5.74, 6) is 1.72. The minimum Gasteiger partial charge on any atom is -0.455 e. The van der Waals surface area contributed by atoms with Gasteiger partial charge in [0.1, 0.15) is 11.2 Å². The van der Waals surface area contributed by atoms with Gasteiger partial charge in [0.05, 0.1) is 28.1 Å². The van der Waals surface area contributed by atoms with Gasteiger partial charge in [-0.25, -0.2) is 0 Å². The topological polar surface area (TPSA) is 30.5 Å². The molecule has 15 rings (SSSR count). The van der Waals surface area contributed by atoms with Crippen LogP contribution < -0.4 is 9.64 Å². The van der Waals surface area contributed by atoms with Crippen LogP contribution in [-0.2, 0) is 0 Å². The lowest BCUT2D eigenvalue weighted by Crippen LogP contribution is -2.12. The van der Waals surface area contributed by atoms with Crippen LogP contribution in [0.2, 0.25) is 0 Å². The third-order valence-corrected chi connectivity index (χ3v) is 15.0. The van der Waals surface area contributed by atoms with Crippen molar-refractivity contribution in [2.24, 2.45) is 0 Å². The Morgan fingerprint density at radius 1 is 0.338 bits per heavy atom. The van der Waals surface area contributed by atoms with Gasteiger partial charge in [0.15, 0.2) is 11.5 Å². The van der Waals surface area contributed by atoms with Crippen molar-refractivity contribution in [1.29, 1.82) is 0 Å². The lowest BCUT2D eigenvalue weighted by atomic mass is 9.91. The molecule has 0 aliphatic carbocycles. The van der Waals surface area contributed by atoms with E-state index in [0.29, 0.717) is 0 Å². The van der Waals surface area contributed by atoms with E-state index in [2.05, 4.69) is 264 Å². The van der Waals surface area contributed by atoms with Crippen LogP contribution in [0.15, 0.2) is 271 Å². The zero-order chi connectivity index (χ0) is 48.7. The molecule has 0 unspecified atom stereocenters. The Morgan fingerprint density at radius 2 is 0.973 bits per heavy atom. The third kappa shape index (κ3) is 6.62. The first-order chi connectivity index (χ1) is 36.7. The van der Waals surface area contributed by atoms with Crippen molar-refractivity contribution in [3.63, 3.8) is 0 Å². The van der Waals surface area contributed by atoms with Crippen molar-refractivity contribution >= 4 is 71.6 Å². The van der Waals surface area contributed by atoms with Crippen LogP contribution in [0, 0.1) is 0 Å². The second-order valence-electron chi connectivity index (χ2n) is 19.1. The maximum absolute atomic E-state index is 6.78. The highest BCUT2D eigenvalue weighted by atomic mass is 16.5. The summed E-state index contributed by atoms with van der Waals surface area (Å²) in [6, 6.07) is 96.0. The van der Waals surface area contributed by atoms with E-state index < -0.39 is 0 Å². The maximum atomic E-state index is 6.78. The second kappa shape index (κ2) is 16.9. The minimum absolute atomic E-state index is 0.855. The highest BCUT2D eigenvalue weighted by Crippen LogP contribution is 2.50. The maximum Gasteiger partial charge on any atom is 0.152 e. The summed E-state index contributed by atoms with van der Waals surface area (Å²) in [7, 11) is 0. The summed E-state index contributed by atoms with van der Waals surface area (Å²) < 4.78 is 15.6. The number of hydrogen-bond acceptors (Lipinski definition) is 3. The molecule has 0 spiro atoms. The number of anilines is 3. The van der Waals surface area contributed by atoms with Crippen LogP contribution in [0.25, 0.3) is 116 Å². The van der Waals surface area contributed by atoms with Gasteiger partial charge in [-0.05, 0) is 123 Å². The molecule has 1 aliphatic rings. The average molecular weight is 945 g/mol. The number of furan rings is 1. The van der Waals surface area contributed by atoms with Gasteiger partial charge in [-0.1, -0.05) is 194 Å². The van der Waals surface area contributed by atoms with Gasteiger partial charge in [-0.15, -0.1) is 0 Å². The van der Waals surface area contributed by atoms with Crippen molar-refractivity contribution in [3.8, 4) is 72.8 Å². The number of hydrogen-bond donors (Lipinski definition) is 0. The molecule has 74 heavy (non-hydrogen) atoms. The standard InChI is InChI=1S/C70H44N2O2/c1-3-17-46(18-4-1)52-40-36-49(43-59(52)47-19-5-2-6-20-47)45-33-38-51(39-34-45)71(62-28-12-10-24-55(62)56-25-15-31-66-68(56)58-41-35-48-21-7-8-23-54(48)70(58)74-66)61-27-11-9-22-53(61)50-37-42-63-60(44-50)57-26-16-32-67-69(57)72(63)64-29-13-14-30-65(64)73-67/h1-44H. The molecule has 0 saturated heterocycles. The lowest BCUT2D eigenvalue weighted by Gasteiger charge is -2.30. The Balaban J connectivity index is 0.926. The first-order valence-corrected chi connectivity index (χ1v) is 25.2. The van der Waals surface area contributed by atoms with E-state index in [0.717, 1.165) is 117 Å². The van der Waals surface area contributed by atoms with Crippen LogP contribution in [0.1, 0.15) is 0 Å². The summed E-state index contributed by atoms with van der Waals surface area (Å²) in [6.45, 7) is 0. The van der Waals surface area contributed by atoms with E-state index in [1.54, 1.807) is 0 Å². The normalized spacial score (nSPS) is 11.9. The van der Waals surface area contributed by atoms with E-state index >= 15 is 0 Å². The number of para-hydroxylation sites is 5. The Kier molecular flexibility index (Phi) is 9.54. The molecule has 0 saturated carbocycles. The van der Waals surface area contributed by atoms with Gasteiger partial charge >= 0.3 is 0 Å². The molecular formula is C70H44N2O2. The molecule has 3 heterocycles. The molecule has 4 heteroatoms. The number of ether oxygens (including phenoxy) is 1. The largest absolute Gasteiger partial charge is 0.455 e. The molecule has 0 bridgehead atoms. The predicted molar refractivity (Wildman–Crippen MR) is 308 cm³/mol. The highest BCUT2D eigenvalue weighted by Gasteiger charge is 2.26. The van der Waals surface area contributed by atoms with E-state index in [9.17, 15) is 0 Å². The van der Waals surface area contributed by atoms with Crippen LogP contribution in [-0.4, -0.2) is 4.57 Å². The van der Waals surface area contributed by atoms with E-state index in [1.807, 2.05) is 12.1 Å². The predicted octanol–water partition coefficient (Wildman–Crippen LogP) is 19.7. The summed E-state index contributed by atoms with van der Waals surface area (Å²) in [6.07, 6.45) is 0. The third-order valence-electron chi connectivity index (χ3n) is 15.0. The Morgan fingerprint density at radius 3 is 1.81 bits per heavy atom. The molecule has 346 valence electrons. The Labute approximate surface area is 427 Å². The highest BCUT2D eigenvalue weighted by molar-refractivity contribution is 6.20. The number of fused-ring (bicyclic) bond motifs is 10. The average Bonchev–Trinajstić information content (AvgIpc) is 4.06. The van der Waals surface area contributed by atoms with Crippen LogP contribution in [0.5, 0.6) is 11.5 Å². The van der Waals surface area contributed by atoms with Gasteiger partial charge in [-0.3, -0.25) is 0 Å². The monoisotopic (exact) mass is 944 g/mol. The summed E-state index contributed by atoms with van der Waals surface area (Å²) in [5, 5.41) is 6.79. The zero-order valence-corrected chi connectivity index (χ0v) is 40.1. The first-order valence-electron chi connectivity index (χ1n) is 25.2. The van der Waals surface area contributed by atoms with Gasteiger partial charge in [0, 0.05) is 43.7 Å². The SMILES string of the molecule is c1ccc(-c2ccc(-c3ccc(N(c4ccccc4-c4ccc5c(c4)c4cccc6c4n5-c4ccccc4O6)c4ccccc4-c4cccc5oc6c7ccccc7ccc6c45)cc3)cc2-c2ccccc2)cc1. The molecule has 14 aromatic rings. The van der Waals surface area contributed by atoms with Crippen molar-refractivity contribution < 1.29 is 9.15 Å². The number of rotatable bonds is 8. The Hall–Kier alpha value is -9.90. The van der Waals surface area contributed by atoms with E-state index in [4.69, 9.17) is 9.15 Å². The molecule has 0 amide bonds. The Bertz CT molecular complexity index is 4510. The minimum atomic E-state index is 0.855. The summed E-state index contributed by atoms with van der Waals surface area (Å²) >= 11 is 0. The fraction of sp³-hybridized carbons (Fsp3) is 0. The number of benzene rings is 12. The van der Waals surface area contributed by atoms with E-state index in [-0.39, 0.29) is 0 Å². The molecule has 2 aromatic heterocycles. The number of aromatic nitrogens is 1. The first kappa shape index (κ1) is 41.8. The van der Waals surface area contributed by atoms with Gasteiger partial charge in [0.25, 0.3) is 0 Å². The van der Waals surface area contributed by atoms with Crippen LogP contribution >= 0.6 is 0 Å². The lowest BCUT2D eigenvalue weighted by molar-refractivity contribution is 0.476. The molecular weight excluding hydrogens is 901 g/mol. The quantitative estimate of drug-likeness (QED) is 0.152. The van der Waals surface area contributed by atoms with Gasteiger partial charge in [-0.2, -0.15) is 0 Å². The molecule has 1 aliphatic heterocycles. The summed E-state index contributed by atoms with van der Waals surface area (Å²) in [4.78, 5) is 2.45. The second-order valence-corrected chi connectivity index (χ2v) is 19.1. The van der Waals surface area contributed by atoms with Gasteiger partial charge in [0.2, 0.25) is 0 Å². The van der Waals surface area contributed by atoms with E-state index in [1.165, 1.54) is 27.6 Å². The molecule has 0 N–H and O–H groups in total. The van der Waals surface area contributed by atoms with Crippen molar-refractivity contribution in [2.75, 3.05) is 4.90 Å². The fourth-order valence-electron chi connectivity index (χ4n) is 11.6. The van der Waals surface area contributed by atoms with Crippen LogP contribution in [0.4, 0.5) is 17.1 Å². The molecule has 0 atom stereocenters. The smallest absolute Gasteiger partial charge is 0.152 e.